The SMILES string of the molecule is CCc1cccc(C)c1N(C(=O)CCl)c1nnc(C)o1. The molecule has 0 N–H and O–H groups in total. The van der Waals surface area contributed by atoms with Gasteiger partial charge in [-0.1, -0.05) is 30.2 Å². The average Bonchev–Trinajstić information content (AvgIpc) is 2.86. The standard InChI is InChI=1S/C14H16ClN3O2/c1-4-11-7-5-6-9(2)13(11)18(12(19)8-15)14-17-16-10(3)20-14/h5-7H,4,8H2,1-3H3. The Bertz CT molecular complexity index is 625. The largest absolute Gasteiger partial charge is 0.408 e. The summed E-state index contributed by atoms with van der Waals surface area (Å²) in [7, 11) is 0. The summed E-state index contributed by atoms with van der Waals surface area (Å²) in [5.74, 6) is -0.0443. The molecule has 0 bridgehead atoms. The molecule has 0 aliphatic carbocycles. The predicted octanol–water partition coefficient (Wildman–Crippen LogP) is 3.15. The summed E-state index contributed by atoms with van der Waals surface area (Å²) >= 11 is 5.72. The van der Waals surface area contributed by atoms with Gasteiger partial charge in [0, 0.05) is 6.92 Å². The summed E-state index contributed by atoms with van der Waals surface area (Å²) in [5.41, 5.74) is 2.75. The molecule has 2 rings (SSSR count). The van der Waals surface area contributed by atoms with Gasteiger partial charge in [-0.2, -0.15) is 0 Å². The third kappa shape index (κ3) is 2.67. The van der Waals surface area contributed by atoms with Gasteiger partial charge in [-0.15, -0.1) is 16.7 Å². The van der Waals surface area contributed by atoms with E-state index in [1.807, 2.05) is 32.0 Å². The number of anilines is 2. The second-order valence-electron chi connectivity index (χ2n) is 4.40. The van der Waals surface area contributed by atoms with Crippen LogP contribution in [0.1, 0.15) is 23.9 Å². The molecule has 0 atom stereocenters. The van der Waals surface area contributed by atoms with Crippen LogP contribution in [0.15, 0.2) is 22.6 Å². The lowest BCUT2D eigenvalue weighted by Crippen LogP contribution is -2.29. The molecule has 1 aromatic heterocycles. The third-order valence-electron chi connectivity index (χ3n) is 3.00. The first-order valence-corrected chi connectivity index (χ1v) is 6.89. The van der Waals surface area contributed by atoms with Gasteiger partial charge in [-0.05, 0) is 24.5 Å². The highest BCUT2D eigenvalue weighted by molar-refractivity contribution is 6.30. The number of halogens is 1. The quantitative estimate of drug-likeness (QED) is 0.813. The predicted molar refractivity (Wildman–Crippen MR) is 77.5 cm³/mol. The Labute approximate surface area is 122 Å². The molecule has 0 aliphatic rings. The maximum atomic E-state index is 12.2. The molecule has 2 aromatic rings. The van der Waals surface area contributed by atoms with E-state index in [1.54, 1.807) is 6.92 Å². The van der Waals surface area contributed by atoms with E-state index >= 15 is 0 Å². The molecule has 5 nitrogen and oxygen atoms in total. The van der Waals surface area contributed by atoms with E-state index in [2.05, 4.69) is 10.2 Å². The lowest BCUT2D eigenvalue weighted by Gasteiger charge is -2.22. The Balaban J connectivity index is 2.61. The van der Waals surface area contributed by atoms with E-state index in [0.717, 1.165) is 23.2 Å². The first kappa shape index (κ1) is 14.5. The van der Waals surface area contributed by atoms with Crippen molar-refractivity contribution in [3.8, 4) is 0 Å². The fourth-order valence-electron chi connectivity index (χ4n) is 2.09. The van der Waals surface area contributed by atoms with Crippen molar-refractivity contribution in [3.05, 3.63) is 35.2 Å². The topological polar surface area (TPSA) is 59.2 Å². The lowest BCUT2D eigenvalue weighted by molar-refractivity contribution is -0.115. The van der Waals surface area contributed by atoms with E-state index in [0.29, 0.717) is 5.89 Å². The minimum atomic E-state index is -0.292. The number of aryl methyl sites for hydroxylation is 3. The molecule has 0 saturated carbocycles. The van der Waals surface area contributed by atoms with Crippen LogP contribution in [0.25, 0.3) is 0 Å². The smallest absolute Gasteiger partial charge is 0.329 e. The van der Waals surface area contributed by atoms with Crippen LogP contribution in [0.4, 0.5) is 11.7 Å². The van der Waals surface area contributed by atoms with E-state index in [4.69, 9.17) is 16.0 Å². The molecule has 0 aliphatic heterocycles. The fourth-order valence-corrected chi connectivity index (χ4v) is 2.21. The zero-order valence-corrected chi connectivity index (χ0v) is 12.4. The zero-order valence-electron chi connectivity index (χ0n) is 11.7. The molecule has 0 unspecified atom stereocenters. The van der Waals surface area contributed by atoms with Gasteiger partial charge in [0.15, 0.2) is 0 Å². The van der Waals surface area contributed by atoms with Crippen LogP contribution in [0.5, 0.6) is 0 Å². The van der Waals surface area contributed by atoms with Gasteiger partial charge < -0.3 is 4.42 Å². The summed E-state index contributed by atoms with van der Waals surface area (Å²) < 4.78 is 5.40. The van der Waals surface area contributed by atoms with Crippen molar-refractivity contribution in [3.63, 3.8) is 0 Å². The Morgan fingerprint density at radius 2 is 2.10 bits per heavy atom. The van der Waals surface area contributed by atoms with Gasteiger partial charge in [0.1, 0.15) is 5.88 Å². The first-order chi connectivity index (χ1) is 9.58. The number of amides is 1. The molecule has 0 saturated heterocycles. The minimum Gasteiger partial charge on any atom is -0.408 e. The number of aromatic nitrogens is 2. The van der Waals surface area contributed by atoms with E-state index in [-0.39, 0.29) is 17.8 Å². The van der Waals surface area contributed by atoms with Crippen molar-refractivity contribution in [1.29, 1.82) is 0 Å². The number of benzene rings is 1. The Morgan fingerprint density at radius 1 is 1.35 bits per heavy atom. The Kier molecular flexibility index (Phi) is 4.39. The number of para-hydroxylation sites is 1. The van der Waals surface area contributed by atoms with Gasteiger partial charge >= 0.3 is 6.01 Å². The molecule has 1 aromatic carbocycles. The monoisotopic (exact) mass is 293 g/mol. The number of carbonyl (C=O) groups is 1. The Hall–Kier alpha value is -1.88. The van der Waals surface area contributed by atoms with Crippen LogP contribution in [0.3, 0.4) is 0 Å². The highest BCUT2D eigenvalue weighted by atomic mass is 35.5. The van der Waals surface area contributed by atoms with Gasteiger partial charge in [-0.25, -0.2) is 4.90 Å². The minimum absolute atomic E-state index is 0.150. The number of alkyl halides is 1. The van der Waals surface area contributed by atoms with E-state index < -0.39 is 0 Å². The number of hydrogen-bond acceptors (Lipinski definition) is 4. The second kappa shape index (κ2) is 6.05. The van der Waals surface area contributed by atoms with Gasteiger partial charge in [-0.3, -0.25) is 4.79 Å². The van der Waals surface area contributed by atoms with Crippen molar-refractivity contribution in [2.75, 3.05) is 10.8 Å². The van der Waals surface area contributed by atoms with Gasteiger partial charge in [0.25, 0.3) is 0 Å². The third-order valence-corrected chi connectivity index (χ3v) is 3.22. The maximum Gasteiger partial charge on any atom is 0.329 e. The van der Waals surface area contributed by atoms with Crippen LogP contribution in [-0.2, 0) is 11.2 Å². The summed E-state index contributed by atoms with van der Waals surface area (Å²) in [6, 6.07) is 6.02. The maximum absolute atomic E-state index is 12.2. The van der Waals surface area contributed by atoms with Crippen molar-refractivity contribution >= 4 is 29.2 Å². The molecule has 0 spiro atoms. The number of rotatable bonds is 4. The number of hydrogen-bond donors (Lipinski definition) is 0. The van der Waals surface area contributed by atoms with Crippen molar-refractivity contribution < 1.29 is 9.21 Å². The molecule has 106 valence electrons. The molecule has 6 heteroatoms. The average molecular weight is 294 g/mol. The van der Waals surface area contributed by atoms with Crippen LogP contribution < -0.4 is 4.90 Å². The van der Waals surface area contributed by atoms with Crippen LogP contribution in [-0.4, -0.2) is 22.0 Å². The molecule has 1 amide bonds. The highest BCUT2D eigenvalue weighted by Crippen LogP contribution is 2.31. The van der Waals surface area contributed by atoms with Crippen LogP contribution in [0, 0.1) is 13.8 Å². The lowest BCUT2D eigenvalue weighted by atomic mass is 10.0. The first-order valence-electron chi connectivity index (χ1n) is 6.36. The molecule has 0 radical (unpaired) electrons. The van der Waals surface area contributed by atoms with E-state index in [1.165, 1.54) is 4.90 Å². The van der Waals surface area contributed by atoms with Gasteiger partial charge in [0.05, 0.1) is 5.69 Å². The summed E-state index contributed by atoms with van der Waals surface area (Å²) in [4.78, 5) is 13.6. The summed E-state index contributed by atoms with van der Waals surface area (Å²) in [6.07, 6.45) is 0.788. The Morgan fingerprint density at radius 3 is 2.65 bits per heavy atom. The molecule has 20 heavy (non-hydrogen) atoms. The van der Waals surface area contributed by atoms with Crippen molar-refractivity contribution in [1.82, 2.24) is 10.2 Å². The normalized spacial score (nSPS) is 10.6. The van der Waals surface area contributed by atoms with Crippen LogP contribution >= 0.6 is 11.6 Å². The zero-order chi connectivity index (χ0) is 14.7. The molecular formula is C14H16ClN3O2. The van der Waals surface area contributed by atoms with Crippen LogP contribution in [0.2, 0.25) is 0 Å². The number of nitrogens with zero attached hydrogens (tertiary/aromatic N) is 3. The molecule has 1 heterocycles. The summed E-state index contributed by atoms with van der Waals surface area (Å²) in [5, 5.41) is 7.72. The van der Waals surface area contributed by atoms with Gasteiger partial charge in [0.2, 0.25) is 11.8 Å². The van der Waals surface area contributed by atoms with E-state index in [9.17, 15) is 4.79 Å². The second-order valence-corrected chi connectivity index (χ2v) is 4.67. The molecule has 0 fully saturated rings. The van der Waals surface area contributed by atoms with Crippen molar-refractivity contribution in [2.24, 2.45) is 0 Å². The summed E-state index contributed by atoms with van der Waals surface area (Å²) in [6.45, 7) is 5.64. The fraction of sp³-hybridized carbons (Fsp3) is 0.357. The highest BCUT2D eigenvalue weighted by Gasteiger charge is 2.25. The number of carbonyl (C=O) groups excluding carboxylic acids is 1. The molecular weight excluding hydrogens is 278 g/mol. The van der Waals surface area contributed by atoms with Crippen molar-refractivity contribution in [2.45, 2.75) is 27.2 Å².